The molecule has 2 aromatic carbocycles. The van der Waals surface area contributed by atoms with Crippen LogP contribution in [0.4, 0.5) is 4.79 Å². The third kappa shape index (κ3) is 3.58. The average molecular weight is 417 g/mol. The highest BCUT2D eigenvalue weighted by Gasteiger charge is 2.31. The van der Waals surface area contributed by atoms with Crippen LogP contribution >= 0.6 is 0 Å². The average Bonchev–Trinajstić information content (AvgIpc) is 2.92. The number of nitrogens with zero attached hydrogens (tertiary/aromatic N) is 1. The summed E-state index contributed by atoms with van der Waals surface area (Å²) >= 11 is 0. The summed E-state index contributed by atoms with van der Waals surface area (Å²) in [6.45, 7) is 0. The van der Waals surface area contributed by atoms with Crippen molar-refractivity contribution in [3.63, 3.8) is 0 Å². The van der Waals surface area contributed by atoms with Crippen molar-refractivity contribution in [1.82, 2.24) is 0 Å². The number of hydrogen-bond acceptors (Lipinski definition) is 9. The van der Waals surface area contributed by atoms with Crippen LogP contribution in [0.25, 0.3) is 11.1 Å². The molecule has 0 amide bonds. The Bertz CT molecular complexity index is 972. The number of ether oxygens (including phenoxy) is 6. The highest BCUT2D eigenvalue weighted by Crippen LogP contribution is 2.52. The van der Waals surface area contributed by atoms with Crippen molar-refractivity contribution in [2.24, 2.45) is 5.18 Å². The lowest BCUT2D eigenvalue weighted by molar-refractivity contribution is 0.120. The van der Waals surface area contributed by atoms with Crippen LogP contribution in [0.15, 0.2) is 23.4 Å². The number of hydrogen-bond donors (Lipinski definition) is 0. The van der Waals surface area contributed by atoms with Crippen molar-refractivity contribution in [2.45, 2.75) is 18.9 Å². The lowest BCUT2D eigenvalue weighted by atomic mass is 9.93. The molecule has 1 unspecified atom stereocenters. The molecular formula is C21H23NO8. The third-order valence-corrected chi connectivity index (χ3v) is 5.05. The monoisotopic (exact) mass is 417 g/mol. The predicted molar refractivity (Wildman–Crippen MR) is 108 cm³/mol. The number of benzene rings is 2. The molecule has 0 aromatic heterocycles. The van der Waals surface area contributed by atoms with Gasteiger partial charge < -0.3 is 28.4 Å². The number of aryl methyl sites for hydroxylation is 1. The van der Waals surface area contributed by atoms with Crippen LogP contribution in [0.1, 0.15) is 23.6 Å². The first-order chi connectivity index (χ1) is 14.5. The SMILES string of the molecule is COC(=O)Oc1cc2c(cc1OC)-c1c(cc(OC)c(OC)c1OC)CCC2N=O. The fourth-order valence-corrected chi connectivity index (χ4v) is 3.70. The Morgan fingerprint density at radius 3 is 2.17 bits per heavy atom. The molecule has 0 fully saturated rings. The zero-order chi connectivity index (χ0) is 21.8. The lowest BCUT2D eigenvalue weighted by Gasteiger charge is -2.21. The van der Waals surface area contributed by atoms with Gasteiger partial charge in [0, 0.05) is 5.56 Å². The van der Waals surface area contributed by atoms with Gasteiger partial charge in [-0.15, -0.1) is 0 Å². The van der Waals surface area contributed by atoms with Gasteiger partial charge in [-0.05, 0) is 47.7 Å². The number of fused-ring (bicyclic) bond motifs is 3. The minimum absolute atomic E-state index is 0.125. The maximum absolute atomic E-state index is 11.7. The summed E-state index contributed by atoms with van der Waals surface area (Å²) < 4.78 is 31.9. The Morgan fingerprint density at radius 2 is 1.60 bits per heavy atom. The Balaban J connectivity index is 2.35. The molecule has 0 heterocycles. The maximum Gasteiger partial charge on any atom is 0.513 e. The summed E-state index contributed by atoms with van der Waals surface area (Å²) in [6.07, 6.45) is 0.0977. The molecule has 2 aromatic rings. The molecule has 30 heavy (non-hydrogen) atoms. The van der Waals surface area contributed by atoms with Crippen LogP contribution < -0.4 is 23.7 Å². The van der Waals surface area contributed by atoms with Crippen molar-refractivity contribution in [2.75, 3.05) is 35.5 Å². The van der Waals surface area contributed by atoms with Gasteiger partial charge in [0.1, 0.15) is 6.04 Å². The van der Waals surface area contributed by atoms with Crippen LogP contribution in [0.2, 0.25) is 0 Å². The van der Waals surface area contributed by atoms with Crippen LogP contribution in [0, 0.1) is 4.91 Å². The summed E-state index contributed by atoms with van der Waals surface area (Å²) in [7, 11) is 7.25. The molecule has 160 valence electrons. The van der Waals surface area contributed by atoms with E-state index in [1.807, 2.05) is 6.07 Å². The van der Waals surface area contributed by atoms with E-state index in [0.29, 0.717) is 41.2 Å². The van der Waals surface area contributed by atoms with Gasteiger partial charge in [0.15, 0.2) is 23.0 Å². The van der Waals surface area contributed by atoms with Gasteiger partial charge in [-0.2, -0.15) is 4.91 Å². The fourth-order valence-electron chi connectivity index (χ4n) is 3.70. The van der Waals surface area contributed by atoms with E-state index in [9.17, 15) is 9.70 Å². The van der Waals surface area contributed by atoms with Crippen LogP contribution in [0.3, 0.4) is 0 Å². The summed E-state index contributed by atoms with van der Waals surface area (Å²) in [5, 5.41) is 3.30. The van der Waals surface area contributed by atoms with E-state index < -0.39 is 12.2 Å². The molecule has 0 aliphatic heterocycles. The van der Waals surface area contributed by atoms with E-state index in [2.05, 4.69) is 9.91 Å². The van der Waals surface area contributed by atoms with Crippen molar-refractivity contribution in [3.8, 4) is 39.9 Å². The smallest absolute Gasteiger partial charge is 0.493 e. The number of nitroso groups, excluding NO2 is 1. The highest BCUT2D eigenvalue weighted by atomic mass is 16.7. The second-order valence-electron chi connectivity index (χ2n) is 6.49. The summed E-state index contributed by atoms with van der Waals surface area (Å²) in [4.78, 5) is 23.3. The van der Waals surface area contributed by atoms with Crippen molar-refractivity contribution in [1.29, 1.82) is 0 Å². The Kier molecular flexibility index (Phi) is 6.29. The number of rotatable bonds is 6. The first kappa shape index (κ1) is 21.2. The third-order valence-electron chi connectivity index (χ3n) is 5.05. The molecule has 9 heteroatoms. The van der Waals surface area contributed by atoms with Gasteiger partial charge in [-0.1, -0.05) is 5.18 Å². The van der Waals surface area contributed by atoms with E-state index in [0.717, 1.165) is 11.1 Å². The summed E-state index contributed by atoms with van der Waals surface area (Å²) in [5.41, 5.74) is 2.88. The maximum atomic E-state index is 11.7. The van der Waals surface area contributed by atoms with E-state index >= 15 is 0 Å². The zero-order valence-electron chi connectivity index (χ0n) is 17.4. The summed E-state index contributed by atoms with van der Waals surface area (Å²) in [5.74, 6) is 1.82. The Labute approximate surface area is 173 Å². The molecule has 1 atom stereocenters. The second-order valence-corrected chi connectivity index (χ2v) is 6.49. The van der Waals surface area contributed by atoms with Crippen molar-refractivity contribution < 1.29 is 33.2 Å². The van der Waals surface area contributed by atoms with Crippen molar-refractivity contribution >= 4 is 6.16 Å². The van der Waals surface area contributed by atoms with E-state index in [4.69, 9.17) is 23.7 Å². The quantitative estimate of drug-likeness (QED) is 0.390. The lowest BCUT2D eigenvalue weighted by Crippen LogP contribution is -2.09. The predicted octanol–water partition coefficient (Wildman–Crippen LogP) is 4.29. The van der Waals surface area contributed by atoms with Crippen LogP contribution in [-0.4, -0.2) is 41.7 Å². The molecule has 9 nitrogen and oxygen atoms in total. The molecule has 0 N–H and O–H groups in total. The van der Waals surface area contributed by atoms with Crippen LogP contribution in [0.5, 0.6) is 28.7 Å². The molecule has 0 saturated carbocycles. The topological polar surface area (TPSA) is 102 Å². The standard InChI is InChI=1S/C21H23NO8/c1-25-15-10-13-12(9-16(15)30-21(23)29-5)14(22-24)7-6-11-8-17(26-2)19(27-3)20(28-4)18(11)13/h8-10,14H,6-7H2,1-5H3. The Morgan fingerprint density at radius 1 is 0.900 bits per heavy atom. The minimum atomic E-state index is -0.901. The molecule has 3 rings (SSSR count). The molecular weight excluding hydrogens is 394 g/mol. The fraction of sp³-hybridized carbons (Fsp3) is 0.381. The minimum Gasteiger partial charge on any atom is -0.493 e. The van der Waals surface area contributed by atoms with Gasteiger partial charge in [0.25, 0.3) is 0 Å². The van der Waals surface area contributed by atoms with Gasteiger partial charge in [-0.25, -0.2) is 4.79 Å². The molecule has 0 bridgehead atoms. The van der Waals surface area contributed by atoms with E-state index in [1.165, 1.54) is 28.4 Å². The molecule has 0 spiro atoms. The molecule has 1 aliphatic carbocycles. The van der Waals surface area contributed by atoms with Crippen LogP contribution in [-0.2, 0) is 11.2 Å². The number of carbonyl (C=O) groups is 1. The van der Waals surface area contributed by atoms with E-state index in [1.54, 1.807) is 19.2 Å². The molecule has 1 aliphatic rings. The van der Waals surface area contributed by atoms with Gasteiger partial charge in [0.05, 0.1) is 35.5 Å². The van der Waals surface area contributed by atoms with Gasteiger partial charge >= 0.3 is 6.16 Å². The number of carbonyl (C=O) groups excluding carboxylic acids is 1. The highest BCUT2D eigenvalue weighted by molar-refractivity contribution is 5.84. The molecule has 0 saturated heterocycles. The zero-order valence-corrected chi connectivity index (χ0v) is 17.4. The Hall–Kier alpha value is -3.49. The first-order valence-electron chi connectivity index (χ1n) is 9.15. The first-order valence-corrected chi connectivity index (χ1v) is 9.15. The normalized spacial score (nSPS) is 14.5. The molecule has 0 radical (unpaired) electrons. The van der Waals surface area contributed by atoms with E-state index in [-0.39, 0.29) is 11.5 Å². The second kappa shape index (κ2) is 8.89. The van der Waals surface area contributed by atoms with Gasteiger partial charge in [0.2, 0.25) is 5.75 Å². The van der Waals surface area contributed by atoms with Gasteiger partial charge in [-0.3, -0.25) is 0 Å². The number of methoxy groups -OCH3 is 5. The van der Waals surface area contributed by atoms with Crippen molar-refractivity contribution in [3.05, 3.63) is 34.2 Å². The summed E-state index contributed by atoms with van der Waals surface area (Å²) in [6, 6.07) is 4.45. The largest absolute Gasteiger partial charge is 0.513 e.